The second kappa shape index (κ2) is 4.05. The molecule has 2 rings (SSSR count). The molecule has 0 aromatic carbocycles. The van der Waals surface area contributed by atoms with Crippen LogP contribution in [0.15, 0.2) is 12.4 Å². The van der Waals surface area contributed by atoms with Crippen molar-refractivity contribution in [2.75, 3.05) is 0 Å². The van der Waals surface area contributed by atoms with Gasteiger partial charge in [-0.15, -0.1) is 5.10 Å². The Morgan fingerprint density at radius 1 is 1.44 bits per heavy atom. The first-order valence-corrected chi connectivity index (χ1v) is 5.20. The number of aromatic nitrogens is 5. The summed E-state index contributed by atoms with van der Waals surface area (Å²) in [5.41, 5.74) is 2.13. The summed E-state index contributed by atoms with van der Waals surface area (Å²) in [6, 6.07) is 0. The maximum atomic E-state index is 10.1. The number of aliphatic hydroxyl groups excluding tert-OH is 1. The van der Waals surface area contributed by atoms with Crippen LogP contribution in [0.4, 0.5) is 0 Å². The van der Waals surface area contributed by atoms with Crippen LogP contribution in [0.25, 0.3) is 0 Å². The van der Waals surface area contributed by atoms with E-state index in [0.717, 1.165) is 17.8 Å². The minimum Gasteiger partial charge on any atom is -0.382 e. The monoisotopic (exact) mass is 221 g/mol. The van der Waals surface area contributed by atoms with Crippen LogP contribution in [-0.2, 0) is 13.6 Å². The zero-order chi connectivity index (χ0) is 11.7. The third-order valence-corrected chi connectivity index (χ3v) is 2.51. The molecule has 0 spiro atoms. The Morgan fingerprint density at radius 2 is 2.19 bits per heavy atom. The Hall–Kier alpha value is -1.69. The molecule has 6 heteroatoms. The summed E-state index contributed by atoms with van der Waals surface area (Å²) < 4.78 is 3.36. The fourth-order valence-electron chi connectivity index (χ4n) is 1.64. The lowest BCUT2D eigenvalue weighted by Crippen LogP contribution is -2.00. The minimum absolute atomic E-state index is 0.554. The van der Waals surface area contributed by atoms with Crippen molar-refractivity contribution < 1.29 is 5.11 Å². The maximum absolute atomic E-state index is 10.1. The van der Waals surface area contributed by atoms with E-state index in [-0.39, 0.29) is 0 Å². The van der Waals surface area contributed by atoms with Crippen molar-refractivity contribution in [3.8, 4) is 0 Å². The van der Waals surface area contributed by atoms with E-state index in [2.05, 4.69) is 15.4 Å². The van der Waals surface area contributed by atoms with Gasteiger partial charge in [0.25, 0.3) is 0 Å². The van der Waals surface area contributed by atoms with Crippen molar-refractivity contribution in [3.05, 3.63) is 29.3 Å². The molecule has 1 atom stereocenters. The van der Waals surface area contributed by atoms with Gasteiger partial charge in [-0.2, -0.15) is 5.10 Å². The predicted octanol–water partition coefficient (Wildman–Crippen LogP) is 0.422. The molecule has 0 bridgehead atoms. The van der Waals surface area contributed by atoms with Crippen LogP contribution < -0.4 is 0 Å². The lowest BCUT2D eigenvalue weighted by atomic mass is 10.1. The molecule has 1 N–H and O–H groups in total. The number of nitrogens with zero attached hydrogens (tertiary/aromatic N) is 5. The van der Waals surface area contributed by atoms with Crippen molar-refractivity contribution >= 4 is 0 Å². The highest BCUT2D eigenvalue weighted by molar-refractivity contribution is 5.25. The summed E-state index contributed by atoms with van der Waals surface area (Å²) in [5, 5.41) is 22.1. The van der Waals surface area contributed by atoms with Crippen LogP contribution in [0.1, 0.15) is 30.0 Å². The van der Waals surface area contributed by atoms with Crippen LogP contribution in [0, 0.1) is 6.92 Å². The maximum Gasteiger partial charge on any atom is 0.128 e. The largest absolute Gasteiger partial charge is 0.382 e. The third-order valence-electron chi connectivity index (χ3n) is 2.51. The van der Waals surface area contributed by atoms with Gasteiger partial charge in [-0.3, -0.25) is 9.36 Å². The van der Waals surface area contributed by atoms with Gasteiger partial charge in [0.15, 0.2) is 0 Å². The molecule has 2 aromatic rings. The summed E-state index contributed by atoms with van der Waals surface area (Å²) >= 11 is 0. The fourth-order valence-corrected chi connectivity index (χ4v) is 1.64. The molecule has 6 nitrogen and oxygen atoms in total. The van der Waals surface area contributed by atoms with Crippen molar-refractivity contribution in [2.24, 2.45) is 7.05 Å². The highest BCUT2D eigenvalue weighted by atomic mass is 16.3. The molecule has 0 aliphatic rings. The van der Waals surface area contributed by atoms with Gasteiger partial charge in [0.1, 0.15) is 11.8 Å². The molecule has 0 aliphatic heterocycles. The van der Waals surface area contributed by atoms with E-state index in [1.54, 1.807) is 21.8 Å². The Bertz CT molecular complexity index is 487. The quantitative estimate of drug-likeness (QED) is 0.815. The molecule has 2 heterocycles. The van der Waals surface area contributed by atoms with E-state index in [1.807, 2.05) is 20.9 Å². The number of hydrogen-bond donors (Lipinski definition) is 1. The van der Waals surface area contributed by atoms with E-state index in [9.17, 15) is 5.11 Å². The Balaban J connectivity index is 2.31. The standard InChI is InChI=1S/C10H15N5O/c1-4-15-6-9(11-13-15)10(16)8-5-14(3)12-7(8)2/h5-6,10,16H,4H2,1-3H3. The van der Waals surface area contributed by atoms with Crippen LogP contribution in [0.5, 0.6) is 0 Å². The molecule has 0 fully saturated rings. The lowest BCUT2D eigenvalue weighted by molar-refractivity contribution is 0.214. The first-order valence-electron chi connectivity index (χ1n) is 5.20. The average Bonchev–Trinajstić information content (AvgIpc) is 2.84. The highest BCUT2D eigenvalue weighted by Gasteiger charge is 2.18. The number of aliphatic hydroxyl groups is 1. The van der Waals surface area contributed by atoms with Gasteiger partial charge in [0, 0.05) is 25.4 Å². The molecule has 2 aromatic heterocycles. The molecule has 0 radical (unpaired) electrons. The van der Waals surface area contributed by atoms with E-state index >= 15 is 0 Å². The van der Waals surface area contributed by atoms with Crippen molar-refractivity contribution in [1.29, 1.82) is 0 Å². The second-order valence-electron chi connectivity index (χ2n) is 3.75. The first-order chi connectivity index (χ1) is 7.61. The molecule has 0 saturated carbocycles. The first kappa shape index (κ1) is 10.8. The van der Waals surface area contributed by atoms with Gasteiger partial charge in [-0.05, 0) is 13.8 Å². The fraction of sp³-hybridized carbons (Fsp3) is 0.500. The van der Waals surface area contributed by atoms with Gasteiger partial charge < -0.3 is 5.11 Å². The van der Waals surface area contributed by atoms with E-state index < -0.39 is 6.10 Å². The Morgan fingerprint density at radius 3 is 2.69 bits per heavy atom. The summed E-state index contributed by atoms with van der Waals surface area (Å²) in [4.78, 5) is 0. The van der Waals surface area contributed by atoms with Crippen LogP contribution in [-0.4, -0.2) is 29.9 Å². The van der Waals surface area contributed by atoms with Crippen LogP contribution in [0.2, 0.25) is 0 Å². The molecular formula is C10H15N5O. The SMILES string of the molecule is CCn1cc(C(O)c2cn(C)nc2C)nn1. The highest BCUT2D eigenvalue weighted by Crippen LogP contribution is 2.21. The average molecular weight is 221 g/mol. The Kier molecular flexibility index (Phi) is 2.74. The van der Waals surface area contributed by atoms with E-state index in [4.69, 9.17) is 0 Å². The smallest absolute Gasteiger partial charge is 0.128 e. The second-order valence-corrected chi connectivity index (χ2v) is 3.75. The lowest BCUT2D eigenvalue weighted by Gasteiger charge is -2.04. The molecular weight excluding hydrogens is 206 g/mol. The van der Waals surface area contributed by atoms with Gasteiger partial charge >= 0.3 is 0 Å². The van der Waals surface area contributed by atoms with E-state index in [1.165, 1.54) is 0 Å². The van der Waals surface area contributed by atoms with Crippen molar-refractivity contribution in [1.82, 2.24) is 24.8 Å². The van der Waals surface area contributed by atoms with Gasteiger partial charge in [-0.25, -0.2) is 0 Å². The molecule has 1 unspecified atom stereocenters. The molecule has 0 aliphatic carbocycles. The zero-order valence-corrected chi connectivity index (χ0v) is 9.62. The van der Waals surface area contributed by atoms with E-state index in [0.29, 0.717) is 5.69 Å². The normalized spacial score (nSPS) is 13.0. The van der Waals surface area contributed by atoms with Crippen LogP contribution in [0.3, 0.4) is 0 Å². The van der Waals surface area contributed by atoms with Gasteiger partial charge in [0.05, 0.1) is 11.9 Å². The predicted molar refractivity (Wildman–Crippen MR) is 57.7 cm³/mol. The minimum atomic E-state index is -0.756. The van der Waals surface area contributed by atoms with Crippen molar-refractivity contribution in [3.63, 3.8) is 0 Å². The number of rotatable bonds is 3. The number of hydrogen-bond acceptors (Lipinski definition) is 4. The summed E-state index contributed by atoms with van der Waals surface area (Å²) in [7, 11) is 1.83. The summed E-state index contributed by atoms with van der Waals surface area (Å²) in [6.07, 6.45) is 2.79. The molecule has 16 heavy (non-hydrogen) atoms. The van der Waals surface area contributed by atoms with Gasteiger partial charge in [-0.1, -0.05) is 5.21 Å². The zero-order valence-electron chi connectivity index (χ0n) is 9.62. The topological polar surface area (TPSA) is 68.8 Å². The third kappa shape index (κ3) is 1.83. The molecule has 0 saturated heterocycles. The summed E-state index contributed by atoms with van der Waals surface area (Å²) in [5.74, 6) is 0. The van der Waals surface area contributed by atoms with Crippen molar-refractivity contribution in [2.45, 2.75) is 26.5 Å². The van der Waals surface area contributed by atoms with Gasteiger partial charge in [0.2, 0.25) is 0 Å². The van der Waals surface area contributed by atoms with Crippen LogP contribution >= 0.6 is 0 Å². The number of aryl methyl sites for hydroxylation is 3. The Labute approximate surface area is 93.5 Å². The summed E-state index contributed by atoms with van der Waals surface area (Å²) in [6.45, 7) is 4.58. The molecule has 0 amide bonds. The molecule has 86 valence electrons.